The van der Waals surface area contributed by atoms with Crippen LogP contribution in [0.2, 0.25) is 0 Å². The van der Waals surface area contributed by atoms with Crippen LogP contribution in [0.5, 0.6) is 0 Å². The van der Waals surface area contributed by atoms with E-state index in [9.17, 15) is 0 Å². The van der Waals surface area contributed by atoms with Crippen molar-refractivity contribution in [1.29, 1.82) is 0 Å². The Balaban J connectivity index is 2.66. The highest BCUT2D eigenvalue weighted by Gasteiger charge is 2.13. The van der Waals surface area contributed by atoms with E-state index in [4.69, 9.17) is 10.3 Å². The second-order valence-corrected chi connectivity index (χ2v) is 3.16. The molecule has 72 valence electrons. The minimum atomic E-state index is 0.641. The molecule has 4 nitrogen and oxygen atoms in total. The number of nitrogens with zero attached hydrogens (tertiary/aromatic N) is 2. The molecular weight excluding hydrogens is 178 g/mol. The maximum Gasteiger partial charge on any atom is 0.141 e. The molecule has 0 aliphatic rings. The van der Waals surface area contributed by atoms with Gasteiger partial charge in [-0.05, 0) is 19.9 Å². The lowest BCUT2D eigenvalue weighted by Crippen LogP contribution is -1.92. The highest BCUT2D eigenvalue weighted by atomic mass is 16.5. The van der Waals surface area contributed by atoms with Gasteiger partial charge in [0.15, 0.2) is 0 Å². The zero-order chi connectivity index (χ0) is 10.1. The van der Waals surface area contributed by atoms with Crippen LogP contribution in [0.3, 0.4) is 0 Å². The summed E-state index contributed by atoms with van der Waals surface area (Å²) in [4.78, 5) is 3.94. The van der Waals surface area contributed by atoms with Crippen LogP contribution < -0.4 is 5.73 Å². The van der Waals surface area contributed by atoms with Crippen LogP contribution in [0.25, 0.3) is 11.1 Å². The molecule has 0 saturated carbocycles. The van der Waals surface area contributed by atoms with Crippen molar-refractivity contribution in [1.82, 2.24) is 10.1 Å². The van der Waals surface area contributed by atoms with Gasteiger partial charge in [-0.1, -0.05) is 5.16 Å². The van der Waals surface area contributed by atoms with Gasteiger partial charge >= 0.3 is 0 Å². The van der Waals surface area contributed by atoms with Crippen LogP contribution in [0.1, 0.15) is 11.5 Å². The molecule has 0 amide bonds. The number of hydrogen-bond donors (Lipinski definition) is 1. The van der Waals surface area contributed by atoms with Gasteiger partial charge in [0.25, 0.3) is 0 Å². The molecule has 2 aromatic rings. The Kier molecular flexibility index (Phi) is 1.96. The number of pyridine rings is 1. The average Bonchev–Trinajstić information content (AvgIpc) is 2.48. The summed E-state index contributed by atoms with van der Waals surface area (Å²) in [6, 6.07) is 1.86. The van der Waals surface area contributed by atoms with Gasteiger partial charge in [0.05, 0.1) is 17.6 Å². The Morgan fingerprint density at radius 3 is 2.71 bits per heavy atom. The summed E-state index contributed by atoms with van der Waals surface area (Å²) < 4.78 is 5.08. The minimum Gasteiger partial charge on any atom is -0.397 e. The maximum absolute atomic E-state index is 5.82. The van der Waals surface area contributed by atoms with Crippen LogP contribution in [0.15, 0.2) is 23.0 Å². The number of nitrogen functional groups attached to an aromatic ring is 1. The molecule has 0 radical (unpaired) electrons. The monoisotopic (exact) mass is 189 g/mol. The Morgan fingerprint density at radius 1 is 1.36 bits per heavy atom. The van der Waals surface area contributed by atoms with Crippen LogP contribution in [0, 0.1) is 13.8 Å². The summed E-state index contributed by atoms with van der Waals surface area (Å²) in [5.41, 5.74) is 9.20. The average molecular weight is 189 g/mol. The normalized spacial score (nSPS) is 10.4. The molecule has 2 rings (SSSR count). The molecule has 0 aliphatic carbocycles. The Hall–Kier alpha value is -1.84. The number of hydrogen-bond acceptors (Lipinski definition) is 4. The predicted octanol–water partition coefficient (Wildman–Crippen LogP) is 1.94. The zero-order valence-electron chi connectivity index (χ0n) is 8.11. The summed E-state index contributed by atoms with van der Waals surface area (Å²) >= 11 is 0. The lowest BCUT2D eigenvalue weighted by Gasteiger charge is -2.02. The van der Waals surface area contributed by atoms with Gasteiger partial charge < -0.3 is 10.3 Å². The fraction of sp³-hybridized carbons (Fsp3) is 0.200. The summed E-state index contributed by atoms with van der Waals surface area (Å²) in [6.07, 6.45) is 3.33. The summed E-state index contributed by atoms with van der Waals surface area (Å²) in [7, 11) is 0. The zero-order valence-corrected chi connectivity index (χ0v) is 8.11. The van der Waals surface area contributed by atoms with E-state index in [0.29, 0.717) is 5.69 Å². The van der Waals surface area contributed by atoms with Gasteiger partial charge in [0.2, 0.25) is 0 Å². The van der Waals surface area contributed by atoms with Gasteiger partial charge in [-0.3, -0.25) is 4.98 Å². The summed E-state index contributed by atoms with van der Waals surface area (Å²) in [6.45, 7) is 3.76. The number of anilines is 1. The van der Waals surface area contributed by atoms with Crippen molar-refractivity contribution in [3.8, 4) is 11.1 Å². The van der Waals surface area contributed by atoms with Crippen LogP contribution in [-0.2, 0) is 0 Å². The van der Waals surface area contributed by atoms with E-state index in [1.807, 2.05) is 19.9 Å². The number of aromatic nitrogens is 2. The Bertz CT molecular complexity index is 443. The van der Waals surface area contributed by atoms with Crippen LogP contribution >= 0.6 is 0 Å². The van der Waals surface area contributed by atoms with E-state index in [2.05, 4.69) is 10.1 Å². The van der Waals surface area contributed by atoms with Crippen molar-refractivity contribution in [3.05, 3.63) is 29.9 Å². The molecule has 2 N–H and O–H groups in total. The molecule has 0 aliphatic heterocycles. The van der Waals surface area contributed by atoms with Crippen molar-refractivity contribution < 1.29 is 4.52 Å². The molecule has 14 heavy (non-hydrogen) atoms. The third-order valence-corrected chi connectivity index (χ3v) is 2.15. The molecule has 0 atom stereocenters. The number of rotatable bonds is 1. The largest absolute Gasteiger partial charge is 0.397 e. The first kappa shape index (κ1) is 8.74. The number of aryl methyl sites for hydroxylation is 2. The molecule has 0 unspecified atom stereocenters. The van der Waals surface area contributed by atoms with Crippen molar-refractivity contribution >= 4 is 5.69 Å². The first-order valence-corrected chi connectivity index (χ1v) is 4.33. The highest BCUT2D eigenvalue weighted by Crippen LogP contribution is 2.30. The lowest BCUT2D eigenvalue weighted by atomic mass is 10.0. The first-order valence-electron chi connectivity index (χ1n) is 4.33. The molecule has 0 fully saturated rings. The molecule has 0 saturated heterocycles. The van der Waals surface area contributed by atoms with Crippen molar-refractivity contribution in [3.63, 3.8) is 0 Å². The molecule has 4 heteroatoms. The van der Waals surface area contributed by atoms with E-state index in [1.165, 1.54) is 0 Å². The summed E-state index contributed by atoms with van der Waals surface area (Å²) in [5.74, 6) is 0.778. The van der Waals surface area contributed by atoms with E-state index in [1.54, 1.807) is 12.4 Å². The third kappa shape index (κ3) is 1.25. The quantitative estimate of drug-likeness (QED) is 0.744. The van der Waals surface area contributed by atoms with Crippen molar-refractivity contribution in [2.45, 2.75) is 13.8 Å². The minimum absolute atomic E-state index is 0.641. The second kappa shape index (κ2) is 3.14. The van der Waals surface area contributed by atoms with Crippen LogP contribution in [0.4, 0.5) is 5.69 Å². The molecule has 2 heterocycles. The Morgan fingerprint density at radius 2 is 2.14 bits per heavy atom. The molecule has 0 spiro atoms. The molecule has 0 bridgehead atoms. The van der Waals surface area contributed by atoms with Crippen molar-refractivity contribution in [2.24, 2.45) is 0 Å². The molecular formula is C10H11N3O. The van der Waals surface area contributed by atoms with Gasteiger partial charge in [0.1, 0.15) is 5.76 Å². The Labute approximate surface area is 81.7 Å². The van der Waals surface area contributed by atoms with E-state index in [0.717, 1.165) is 22.6 Å². The van der Waals surface area contributed by atoms with Crippen LogP contribution in [-0.4, -0.2) is 10.1 Å². The van der Waals surface area contributed by atoms with Gasteiger partial charge in [0, 0.05) is 17.3 Å². The van der Waals surface area contributed by atoms with E-state index >= 15 is 0 Å². The van der Waals surface area contributed by atoms with Crippen molar-refractivity contribution in [2.75, 3.05) is 5.73 Å². The molecule has 2 aromatic heterocycles. The smallest absolute Gasteiger partial charge is 0.141 e. The SMILES string of the molecule is Cc1noc(C)c1-c1ccncc1N. The van der Waals surface area contributed by atoms with E-state index in [-0.39, 0.29) is 0 Å². The van der Waals surface area contributed by atoms with Gasteiger partial charge in [-0.2, -0.15) is 0 Å². The maximum atomic E-state index is 5.82. The van der Waals surface area contributed by atoms with Gasteiger partial charge in [-0.25, -0.2) is 0 Å². The number of nitrogens with two attached hydrogens (primary N) is 1. The standard InChI is InChI=1S/C10H11N3O/c1-6-10(7(2)14-13-6)8-3-4-12-5-9(8)11/h3-5H,11H2,1-2H3. The fourth-order valence-corrected chi connectivity index (χ4v) is 1.50. The topological polar surface area (TPSA) is 64.9 Å². The predicted molar refractivity (Wildman–Crippen MR) is 53.6 cm³/mol. The van der Waals surface area contributed by atoms with E-state index < -0.39 is 0 Å². The summed E-state index contributed by atoms with van der Waals surface area (Å²) in [5, 5.41) is 3.88. The fourth-order valence-electron chi connectivity index (χ4n) is 1.50. The second-order valence-electron chi connectivity index (χ2n) is 3.16. The lowest BCUT2D eigenvalue weighted by molar-refractivity contribution is 0.393. The third-order valence-electron chi connectivity index (χ3n) is 2.15. The first-order chi connectivity index (χ1) is 6.70. The van der Waals surface area contributed by atoms with Gasteiger partial charge in [-0.15, -0.1) is 0 Å². The highest BCUT2D eigenvalue weighted by molar-refractivity contribution is 5.77. The molecule has 0 aromatic carbocycles.